The smallest absolute Gasteiger partial charge is 0.362 e. The fourth-order valence-electron chi connectivity index (χ4n) is 0.803. The van der Waals surface area contributed by atoms with Crippen molar-refractivity contribution in [3.05, 3.63) is 0 Å². The Balaban J connectivity index is 4.53. The molecule has 0 saturated heterocycles. The molecule has 0 saturated carbocycles. The van der Waals surface area contributed by atoms with Crippen LogP contribution in [0.4, 0.5) is 0 Å². The monoisotopic (exact) mass is 210 g/mol. The van der Waals surface area contributed by atoms with Crippen LogP contribution in [-0.2, 0) is 23.1 Å². The number of rotatable bonds is 7. The molecule has 0 aliphatic rings. The van der Waals surface area contributed by atoms with E-state index in [2.05, 4.69) is 4.74 Å². The van der Waals surface area contributed by atoms with Gasteiger partial charge in [-0.05, 0) is 13.8 Å². The number of carbonyl (C=O) groups excluding carboxylic acids is 1. The fraction of sp³-hybridized carbons (Fsp3) is 0.857. The van der Waals surface area contributed by atoms with Gasteiger partial charge in [-0.15, -0.1) is 0 Å². The van der Waals surface area contributed by atoms with Crippen LogP contribution in [-0.4, -0.2) is 32.5 Å². The van der Waals surface area contributed by atoms with E-state index in [9.17, 15) is 9.36 Å². The van der Waals surface area contributed by atoms with Gasteiger partial charge in [0.1, 0.15) is 0 Å². The molecule has 0 amide bonds. The summed E-state index contributed by atoms with van der Waals surface area (Å²) >= 11 is 0. The first kappa shape index (κ1) is 12.8. The Kier molecular flexibility index (Phi) is 6.16. The lowest BCUT2D eigenvalue weighted by Gasteiger charge is -2.20. The van der Waals surface area contributed by atoms with E-state index in [0.29, 0.717) is 6.29 Å². The predicted molar refractivity (Wildman–Crippen MR) is 47.7 cm³/mol. The van der Waals surface area contributed by atoms with E-state index in [1.54, 1.807) is 13.8 Å². The van der Waals surface area contributed by atoms with Gasteiger partial charge in [0, 0.05) is 7.11 Å². The first-order valence-electron chi connectivity index (χ1n) is 4.01. The van der Waals surface area contributed by atoms with Crippen molar-refractivity contribution in [2.75, 3.05) is 20.3 Å². The van der Waals surface area contributed by atoms with E-state index in [4.69, 9.17) is 9.05 Å². The third-order valence-corrected chi connectivity index (χ3v) is 3.48. The molecule has 0 aromatic carbocycles. The topological polar surface area (TPSA) is 61.8 Å². The van der Waals surface area contributed by atoms with Gasteiger partial charge in [-0.1, -0.05) is 0 Å². The lowest BCUT2D eigenvalue weighted by atomic mass is 10.8. The number of ether oxygens (including phenoxy) is 1. The molecular formula is C7H15O5P. The Bertz CT molecular complexity index is 183. The zero-order valence-corrected chi connectivity index (χ0v) is 8.95. The van der Waals surface area contributed by atoms with Gasteiger partial charge >= 0.3 is 7.60 Å². The summed E-state index contributed by atoms with van der Waals surface area (Å²) in [6.07, 6.45) is 0.423. The van der Waals surface area contributed by atoms with Crippen molar-refractivity contribution in [3.63, 3.8) is 0 Å². The maximum Gasteiger partial charge on any atom is 0.366 e. The molecule has 0 aliphatic heterocycles. The molecule has 0 heterocycles. The first-order valence-corrected chi connectivity index (χ1v) is 5.62. The number of hydrogen-bond donors (Lipinski definition) is 0. The van der Waals surface area contributed by atoms with Crippen LogP contribution in [0, 0.1) is 0 Å². The van der Waals surface area contributed by atoms with E-state index < -0.39 is 13.4 Å². The average Bonchev–Trinajstić information content (AvgIpc) is 2.07. The maximum absolute atomic E-state index is 11.8. The van der Waals surface area contributed by atoms with Crippen LogP contribution in [0.25, 0.3) is 0 Å². The van der Waals surface area contributed by atoms with Gasteiger partial charge in [0.2, 0.25) is 5.85 Å². The standard InChI is InChI=1S/C7H15O5P/c1-4-11-13(9,12-5-2)7(6-8)10-3/h6-7H,4-5H2,1-3H3. The number of methoxy groups -OCH3 is 1. The van der Waals surface area contributed by atoms with Crippen LogP contribution < -0.4 is 0 Å². The summed E-state index contributed by atoms with van der Waals surface area (Å²) in [7, 11) is -2.14. The summed E-state index contributed by atoms with van der Waals surface area (Å²) in [4.78, 5) is 10.5. The Morgan fingerprint density at radius 1 is 1.31 bits per heavy atom. The van der Waals surface area contributed by atoms with E-state index in [-0.39, 0.29) is 13.2 Å². The van der Waals surface area contributed by atoms with Crippen LogP contribution in [0.5, 0.6) is 0 Å². The third-order valence-electron chi connectivity index (χ3n) is 1.29. The lowest BCUT2D eigenvalue weighted by molar-refractivity contribution is -0.113. The molecule has 13 heavy (non-hydrogen) atoms. The third kappa shape index (κ3) is 3.56. The molecule has 1 unspecified atom stereocenters. The molecule has 0 rings (SSSR count). The molecule has 0 N–H and O–H groups in total. The summed E-state index contributed by atoms with van der Waals surface area (Å²) in [5.41, 5.74) is 0. The summed E-state index contributed by atoms with van der Waals surface area (Å²) < 4.78 is 26.2. The Labute approximate surface area is 77.9 Å². The number of carbonyl (C=O) groups is 1. The van der Waals surface area contributed by atoms with Gasteiger partial charge in [0.05, 0.1) is 13.2 Å². The zero-order chi connectivity index (χ0) is 10.3. The van der Waals surface area contributed by atoms with Crippen molar-refractivity contribution in [1.29, 1.82) is 0 Å². The van der Waals surface area contributed by atoms with Crippen LogP contribution in [0.3, 0.4) is 0 Å². The minimum absolute atomic E-state index is 0.213. The molecule has 6 heteroatoms. The SMILES string of the molecule is CCOP(=O)(OCC)C(C=O)OC. The fourth-order valence-corrected chi connectivity index (χ4v) is 2.30. The highest BCUT2D eigenvalue weighted by Crippen LogP contribution is 2.52. The largest absolute Gasteiger partial charge is 0.366 e. The lowest BCUT2D eigenvalue weighted by Crippen LogP contribution is -2.16. The molecule has 0 aromatic heterocycles. The maximum atomic E-state index is 11.8. The van der Waals surface area contributed by atoms with Gasteiger partial charge < -0.3 is 13.8 Å². The van der Waals surface area contributed by atoms with Gasteiger partial charge in [-0.2, -0.15) is 0 Å². The minimum Gasteiger partial charge on any atom is -0.362 e. The van der Waals surface area contributed by atoms with E-state index in [0.717, 1.165) is 0 Å². The minimum atomic E-state index is -3.42. The molecule has 0 radical (unpaired) electrons. The second-order valence-corrected chi connectivity index (χ2v) is 4.24. The number of aldehydes is 1. The van der Waals surface area contributed by atoms with E-state index in [1.807, 2.05) is 0 Å². The van der Waals surface area contributed by atoms with Crippen LogP contribution in [0.1, 0.15) is 13.8 Å². The van der Waals surface area contributed by atoms with E-state index >= 15 is 0 Å². The molecule has 0 bridgehead atoms. The Hall–Kier alpha value is -0.220. The van der Waals surface area contributed by atoms with Crippen molar-refractivity contribution in [3.8, 4) is 0 Å². The van der Waals surface area contributed by atoms with Gasteiger partial charge in [-0.3, -0.25) is 9.36 Å². The van der Waals surface area contributed by atoms with Gasteiger partial charge in [-0.25, -0.2) is 0 Å². The summed E-state index contributed by atoms with van der Waals surface area (Å²) in [6, 6.07) is 0. The molecule has 1 atom stereocenters. The molecule has 78 valence electrons. The molecule has 0 spiro atoms. The van der Waals surface area contributed by atoms with Crippen molar-refractivity contribution >= 4 is 13.9 Å². The molecule has 0 aromatic rings. The number of hydrogen-bond acceptors (Lipinski definition) is 5. The normalized spacial score (nSPS) is 14.1. The quantitative estimate of drug-likeness (QED) is 0.469. The van der Waals surface area contributed by atoms with Crippen molar-refractivity contribution in [2.24, 2.45) is 0 Å². The summed E-state index contributed by atoms with van der Waals surface area (Å²) in [5, 5.41) is 0. The van der Waals surface area contributed by atoms with Gasteiger partial charge in [0.15, 0.2) is 6.29 Å². The zero-order valence-electron chi connectivity index (χ0n) is 8.06. The average molecular weight is 210 g/mol. The highest BCUT2D eigenvalue weighted by Gasteiger charge is 2.35. The second-order valence-electron chi connectivity index (χ2n) is 2.14. The predicted octanol–water partition coefficient (Wildman–Crippen LogP) is 1.42. The molecule has 0 fully saturated rings. The first-order chi connectivity index (χ1) is 6.14. The van der Waals surface area contributed by atoms with Crippen molar-refractivity contribution in [1.82, 2.24) is 0 Å². The summed E-state index contributed by atoms with van der Waals surface area (Å²) in [6.45, 7) is 3.77. The van der Waals surface area contributed by atoms with Crippen molar-refractivity contribution < 1.29 is 23.1 Å². The molecule has 0 aliphatic carbocycles. The van der Waals surface area contributed by atoms with Gasteiger partial charge in [0.25, 0.3) is 0 Å². The summed E-state index contributed by atoms with van der Waals surface area (Å²) in [5.74, 6) is -1.13. The van der Waals surface area contributed by atoms with E-state index in [1.165, 1.54) is 7.11 Å². The van der Waals surface area contributed by atoms with Crippen LogP contribution >= 0.6 is 7.60 Å². The highest BCUT2D eigenvalue weighted by atomic mass is 31.2. The Morgan fingerprint density at radius 3 is 2.00 bits per heavy atom. The van der Waals surface area contributed by atoms with Crippen LogP contribution in [0.2, 0.25) is 0 Å². The second kappa shape index (κ2) is 6.27. The van der Waals surface area contributed by atoms with Crippen LogP contribution in [0.15, 0.2) is 0 Å². The van der Waals surface area contributed by atoms with Crippen molar-refractivity contribution in [2.45, 2.75) is 19.7 Å². The Morgan fingerprint density at radius 2 is 1.77 bits per heavy atom. The highest BCUT2D eigenvalue weighted by molar-refractivity contribution is 7.55. The molecular weight excluding hydrogens is 195 g/mol. The molecule has 5 nitrogen and oxygen atoms in total.